The van der Waals surface area contributed by atoms with Crippen LogP contribution in [0.25, 0.3) is 0 Å². The lowest BCUT2D eigenvalue weighted by molar-refractivity contribution is -0.154. The first-order valence-corrected chi connectivity index (χ1v) is 8.81. The van der Waals surface area contributed by atoms with Crippen molar-refractivity contribution < 1.29 is 23.9 Å². The molecule has 1 aromatic carbocycles. The number of carbonyl (C=O) groups is 3. The molecule has 7 heteroatoms. The summed E-state index contributed by atoms with van der Waals surface area (Å²) < 4.78 is 10.1. The standard InChI is InChI=1S/C19H26N2O5/c1-13-6-4-7-14(2)21(13)17(22)12-26-18(23)11-20-19(24)15-8-5-9-16(10-15)25-3/h5,8-10,13-14H,4,6-7,11-12H2,1-3H3,(H,20,24)/t13-,14+. The number of nitrogens with zero attached hydrogens (tertiary/aromatic N) is 1. The molecule has 1 aliphatic heterocycles. The quantitative estimate of drug-likeness (QED) is 0.780. The Kier molecular flexibility index (Phi) is 7.00. The van der Waals surface area contributed by atoms with Crippen LogP contribution in [-0.4, -0.2) is 55.0 Å². The van der Waals surface area contributed by atoms with E-state index in [1.54, 1.807) is 29.2 Å². The molecule has 0 bridgehead atoms. The van der Waals surface area contributed by atoms with Crippen LogP contribution in [0.3, 0.4) is 0 Å². The van der Waals surface area contributed by atoms with Gasteiger partial charge in [0.1, 0.15) is 12.3 Å². The van der Waals surface area contributed by atoms with Gasteiger partial charge < -0.3 is 19.7 Å². The van der Waals surface area contributed by atoms with E-state index in [9.17, 15) is 14.4 Å². The Morgan fingerprint density at radius 2 is 1.88 bits per heavy atom. The van der Waals surface area contributed by atoms with Gasteiger partial charge in [0.05, 0.1) is 7.11 Å². The predicted molar refractivity (Wildman–Crippen MR) is 95.9 cm³/mol. The highest BCUT2D eigenvalue weighted by atomic mass is 16.5. The first-order chi connectivity index (χ1) is 12.4. The molecule has 1 N–H and O–H groups in total. The molecule has 0 saturated carbocycles. The third kappa shape index (κ3) is 5.21. The molecule has 1 saturated heterocycles. The van der Waals surface area contributed by atoms with E-state index in [1.807, 2.05) is 13.8 Å². The summed E-state index contributed by atoms with van der Waals surface area (Å²) >= 11 is 0. The molecule has 0 radical (unpaired) electrons. The van der Waals surface area contributed by atoms with Crippen LogP contribution in [0.15, 0.2) is 24.3 Å². The van der Waals surface area contributed by atoms with E-state index in [0.29, 0.717) is 11.3 Å². The van der Waals surface area contributed by atoms with Crippen molar-refractivity contribution in [1.82, 2.24) is 10.2 Å². The van der Waals surface area contributed by atoms with Crippen LogP contribution in [0.4, 0.5) is 0 Å². The van der Waals surface area contributed by atoms with Crippen molar-refractivity contribution in [3.8, 4) is 5.75 Å². The molecule has 142 valence electrons. The summed E-state index contributed by atoms with van der Waals surface area (Å²) in [5.41, 5.74) is 0.379. The third-order valence-corrected chi connectivity index (χ3v) is 4.56. The Balaban J connectivity index is 1.77. The van der Waals surface area contributed by atoms with Gasteiger partial charge in [-0.05, 0) is 51.3 Å². The summed E-state index contributed by atoms with van der Waals surface area (Å²) in [6.07, 6.45) is 3.02. The first-order valence-electron chi connectivity index (χ1n) is 8.81. The van der Waals surface area contributed by atoms with Gasteiger partial charge in [-0.15, -0.1) is 0 Å². The van der Waals surface area contributed by atoms with Crippen molar-refractivity contribution in [1.29, 1.82) is 0 Å². The fourth-order valence-electron chi connectivity index (χ4n) is 3.20. The van der Waals surface area contributed by atoms with Gasteiger partial charge in [0.15, 0.2) is 6.61 Å². The zero-order valence-corrected chi connectivity index (χ0v) is 15.5. The van der Waals surface area contributed by atoms with E-state index in [-0.39, 0.29) is 31.1 Å². The number of rotatable bonds is 6. The zero-order chi connectivity index (χ0) is 19.1. The maximum Gasteiger partial charge on any atom is 0.325 e. The lowest BCUT2D eigenvalue weighted by Crippen LogP contribution is -2.49. The number of nitrogens with one attached hydrogen (secondary N) is 1. The molecule has 1 aliphatic rings. The van der Waals surface area contributed by atoms with E-state index >= 15 is 0 Å². The highest BCUT2D eigenvalue weighted by Crippen LogP contribution is 2.22. The molecule has 0 aromatic heterocycles. The number of hydrogen-bond donors (Lipinski definition) is 1. The van der Waals surface area contributed by atoms with Crippen LogP contribution in [0, 0.1) is 0 Å². The molecule has 7 nitrogen and oxygen atoms in total. The Labute approximate surface area is 153 Å². The summed E-state index contributed by atoms with van der Waals surface area (Å²) in [5.74, 6) is -0.704. The fraction of sp³-hybridized carbons (Fsp3) is 0.526. The zero-order valence-electron chi connectivity index (χ0n) is 15.5. The van der Waals surface area contributed by atoms with Gasteiger partial charge in [-0.2, -0.15) is 0 Å². The maximum atomic E-state index is 12.3. The number of esters is 1. The normalized spacial score (nSPS) is 19.6. The van der Waals surface area contributed by atoms with E-state index in [1.165, 1.54) is 7.11 Å². The van der Waals surface area contributed by atoms with E-state index < -0.39 is 11.9 Å². The molecule has 0 spiro atoms. The van der Waals surface area contributed by atoms with Crippen molar-refractivity contribution >= 4 is 17.8 Å². The Hall–Kier alpha value is -2.57. The first kappa shape index (κ1) is 19.8. The molecular weight excluding hydrogens is 336 g/mol. The summed E-state index contributed by atoms with van der Waals surface area (Å²) in [6.45, 7) is 3.41. The van der Waals surface area contributed by atoms with Gasteiger partial charge in [0.25, 0.3) is 11.8 Å². The van der Waals surface area contributed by atoms with Crippen LogP contribution < -0.4 is 10.1 Å². The Bertz CT molecular complexity index is 651. The van der Waals surface area contributed by atoms with E-state index in [4.69, 9.17) is 9.47 Å². The van der Waals surface area contributed by atoms with Crippen LogP contribution in [0.2, 0.25) is 0 Å². The van der Waals surface area contributed by atoms with Gasteiger partial charge in [-0.1, -0.05) is 6.07 Å². The maximum absolute atomic E-state index is 12.3. The number of ether oxygens (including phenoxy) is 2. The predicted octanol–water partition coefficient (Wildman–Crippen LogP) is 1.76. The Morgan fingerprint density at radius 3 is 2.54 bits per heavy atom. The molecular formula is C19H26N2O5. The average Bonchev–Trinajstić information content (AvgIpc) is 2.64. The van der Waals surface area contributed by atoms with Crippen molar-refractivity contribution in [2.45, 2.75) is 45.2 Å². The molecule has 0 unspecified atom stereocenters. The largest absolute Gasteiger partial charge is 0.497 e. The average molecular weight is 362 g/mol. The number of amides is 2. The molecule has 2 amide bonds. The Morgan fingerprint density at radius 1 is 1.19 bits per heavy atom. The molecule has 1 aromatic rings. The van der Waals surface area contributed by atoms with E-state index in [2.05, 4.69) is 5.32 Å². The number of piperidine rings is 1. The second-order valence-corrected chi connectivity index (χ2v) is 6.51. The molecule has 1 fully saturated rings. The lowest BCUT2D eigenvalue weighted by atomic mass is 9.97. The second-order valence-electron chi connectivity index (χ2n) is 6.51. The number of likely N-dealkylation sites (tertiary alicyclic amines) is 1. The van der Waals surface area contributed by atoms with Crippen LogP contribution in [-0.2, 0) is 14.3 Å². The van der Waals surface area contributed by atoms with Crippen molar-refractivity contribution in [3.63, 3.8) is 0 Å². The van der Waals surface area contributed by atoms with Gasteiger partial charge in [-0.3, -0.25) is 14.4 Å². The van der Waals surface area contributed by atoms with Crippen LogP contribution in [0.5, 0.6) is 5.75 Å². The summed E-state index contributed by atoms with van der Waals surface area (Å²) in [4.78, 5) is 37.9. The van der Waals surface area contributed by atoms with E-state index in [0.717, 1.165) is 19.3 Å². The minimum absolute atomic E-state index is 0.151. The summed E-state index contributed by atoms with van der Waals surface area (Å²) in [7, 11) is 1.51. The summed E-state index contributed by atoms with van der Waals surface area (Å²) in [5, 5.41) is 2.48. The molecule has 2 atom stereocenters. The number of carbonyl (C=O) groups excluding carboxylic acids is 3. The van der Waals surface area contributed by atoms with Gasteiger partial charge in [-0.25, -0.2) is 0 Å². The van der Waals surface area contributed by atoms with Crippen LogP contribution >= 0.6 is 0 Å². The number of hydrogen-bond acceptors (Lipinski definition) is 5. The second kappa shape index (κ2) is 9.22. The molecule has 26 heavy (non-hydrogen) atoms. The lowest BCUT2D eigenvalue weighted by Gasteiger charge is -2.38. The minimum Gasteiger partial charge on any atom is -0.497 e. The monoisotopic (exact) mass is 362 g/mol. The highest BCUT2D eigenvalue weighted by Gasteiger charge is 2.29. The molecule has 0 aliphatic carbocycles. The SMILES string of the molecule is COc1cccc(C(=O)NCC(=O)OCC(=O)N2[C@H](C)CCC[C@@H]2C)c1. The number of benzene rings is 1. The number of methoxy groups -OCH3 is 1. The van der Waals surface area contributed by atoms with Gasteiger partial charge in [0, 0.05) is 17.6 Å². The van der Waals surface area contributed by atoms with Crippen molar-refractivity contribution in [2.24, 2.45) is 0 Å². The van der Waals surface area contributed by atoms with Gasteiger partial charge in [0.2, 0.25) is 0 Å². The molecule has 2 rings (SSSR count). The van der Waals surface area contributed by atoms with Gasteiger partial charge >= 0.3 is 5.97 Å². The van der Waals surface area contributed by atoms with Crippen molar-refractivity contribution in [3.05, 3.63) is 29.8 Å². The minimum atomic E-state index is -0.646. The topological polar surface area (TPSA) is 84.9 Å². The fourth-order valence-corrected chi connectivity index (χ4v) is 3.20. The highest BCUT2D eigenvalue weighted by molar-refractivity contribution is 5.96. The molecule has 1 heterocycles. The summed E-state index contributed by atoms with van der Waals surface area (Å²) in [6, 6.07) is 6.90. The van der Waals surface area contributed by atoms with Crippen LogP contribution in [0.1, 0.15) is 43.5 Å². The van der Waals surface area contributed by atoms with Crippen molar-refractivity contribution in [2.75, 3.05) is 20.3 Å². The third-order valence-electron chi connectivity index (χ3n) is 4.56. The smallest absolute Gasteiger partial charge is 0.325 e.